The van der Waals surface area contributed by atoms with E-state index in [-0.39, 0.29) is 18.2 Å². The molecular formula is C26H31F2N9OS. The molecule has 0 aromatic carbocycles. The molecule has 1 aliphatic carbocycles. The van der Waals surface area contributed by atoms with Gasteiger partial charge in [-0.25, -0.2) is 38.7 Å². The van der Waals surface area contributed by atoms with E-state index >= 15 is 0 Å². The molecule has 1 N–H and O–H groups in total. The summed E-state index contributed by atoms with van der Waals surface area (Å²) < 4.78 is 27.5. The third kappa shape index (κ3) is 6.70. The summed E-state index contributed by atoms with van der Waals surface area (Å²) in [4.78, 5) is 45.3. The third-order valence-electron chi connectivity index (χ3n) is 6.38. The van der Waals surface area contributed by atoms with Gasteiger partial charge in [-0.3, -0.25) is 9.79 Å². The van der Waals surface area contributed by atoms with Crippen molar-refractivity contribution in [3.05, 3.63) is 41.6 Å². The molecule has 1 atom stereocenters. The van der Waals surface area contributed by atoms with Gasteiger partial charge < -0.3 is 10.2 Å². The molecule has 39 heavy (non-hydrogen) atoms. The van der Waals surface area contributed by atoms with Gasteiger partial charge in [0.05, 0.1) is 28.7 Å². The second-order valence-corrected chi connectivity index (χ2v) is 10.6. The Morgan fingerprint density at radius 3 is 2.51 bits per heavy atom. The minimum atomic E-state index is -2.63. The van der Waals surface area contributed by atoms with E-state index in [9.17, 15) is 13.6 Å². The average Bonchev–Trinajstić information content (AvgIpc) is 3.77. The number of halogens is 2. The van der Waals surface area contributed by atoms with Gasteiger partial charge in [0.15, 0.2) is 23.8 Å². The molecule has 0 radical (unpaired) electrons. The molecular weight excluding hydrogens is 524 g/mol. The Balaban J connectivity index is 1.72. The maximum Gasteiger partial charge on any atom is 0.258 e. The van der Waals surface area contributed by atoms with Gasteiger partial charge in [-0.15, -0.1) is 11.8 Å². The fraction of sp³-hybridized carbons (Fsp3) is 0.462. The number of aromatic nitrogens is 6. The number of nitrogens with zero attached hydrogens (tertiary/aromatic N) is 8. The zero-order valence-corrected chi connectivity index (χ0v) is 23.3. The Labute approximate surface area is 230 Å². The number of thioether (sulfide) groups is 1. The summed E-state index contributed by atoms with van der Waals surface area (Å²) in [6, 6.07) is -1.16. The van der Waals surface area contributed by atoms with Crippen LogP contribution in [0.2, 0.25) is 0 Å². The van der Waals surface area contributed by atoms with E-state index in [1.165, 1.54) is 25.2 Å². The number of amidine groups is 1. The van der Waals surface area contributed by atoms with Gasteiger partial charge in [0.25, 0.3) is 6.43 Å². The van der Waals surface area contributed by atoms with Crippen LogP contribution in [0.3, 0.4) is 0 Å². The number of hydrogen-bond acceptors (Lipinski definition) is 10. The van der Waals surface area contributed by atoms with Crippen LogP contribution in [0.5, 0.6) is 0 Å². The van der Waals surface area contributed by atoms with Crippen LogP contribution in [0.1, 0.15) is 55.5 Å². The van der Waals surface area contributed by atoms with Crippen molar-refractivity contribution < 1.29 is 13.6 Å². The first-order chi connectivity index (χ1) is 18.7. The molecule has 0 bridgehead atoms. The first kappa shape index (κ1) is 28.4. The number of carbonyl (C=O) groups excluding carboxylic acids is 1. The van der Waals surface area contributed by atoms with Gasteiger partial charge in [0.1, 0.15) is 24.4 Å². The van der Waals surface area contributed by atoms with Crippen molar-refractivity contribution in [2.45, 2.75) is 70.4 Å². The van der Waals surface area contributed by atoms with Gasteiger partial charge in [0.2, 0.25) is 0 Å². The van der Waals surface area contributed by atoms with Crippen LogP contribution in [-0.4, -0.2) is 67.3 Å². The lowest BCUT2D eigenvalue weighted by molar-refractivity contribution is -0.102. The van der Waals surface area contributed by atoms with Crippen molar-refractivity contribution in [2.75, 3.05) is 23.0 Å². The van der Waals surface area contributed by atoms with Crippen LogP contribution in [-0.2, 0) is 11.3 Å². The molecule has 206 valence electrons. The number of aldehydes is 1. The predicted molar refractivity (Wildman–Crippen MR) is 148 cm³/mol. The summed E-state index contributed by atoms with van der Waals surface area (Å²) in [5.74, 6) is 2.18. The standard InChI is InChI=1S/C26H31F2N9OS/c1-6-39-18-9-29-19(30-10-18)11-31-20(12-38)35-22-15(3)34-25(36-26(22)37(5)16(4)24(27)28)21-14(2)32-13-33-23(21)17-7-8-17/h9-10,12-13,16-17,24H,6-8,11H2,1-5H3,(H,31,35)/t16-/m1/s1. The zero-order valence-electron chi connectivity index (χ0n) is 22.5. The molecule has 13 heteroatoms. The van der Waals surface area contributed by atoms with Gasteiger partial charge in [-0.2, -0.15) is 0 Å². The molecule has 0 aliphatic heterocycles. The second-order valence-electron chi connectivity index (χ2n) is 9.22. The van der Waals surface area contributed by atoms with Crippen molar-refractivity contribution in [3.63, 3.8) is 0 Å². The normalized spacial score (nSPS) is 14.4. The van der Waals surface area contributed by atoms with Gasteiger partial charge >= 0.3 is 0 Å². The first-order valence-electron chi connectivity index (χ1n) is 12.6. The summed E-state index contributed by atoms with van der Waals surface area (Å²) in [5.41, 5.74) is 3.04. The van der Waals surface area contributed by atoms with Gasteiger partial charge in [-0.05, 0) is 39.4 Å². The number of aliphatic imine (C=N–C) groups is 1. The van der Waals surface area contributed by atoms with E-state index in [0.29, 0.717) is 46.5 Å². The average molecular weight is 556 g/mol. The molecule has 0 saturated heterocycles. The molecule has 0 unspecified atom stereocenters. The fourth-order valence-electron chi connectivity index (χ4n) is 3.92. The van der Waals surface area contributed by atoms with Gasteiger partial charge in [-0.1, -0.05) is 6.92 Å². The van der Waals surface area contributed by atoms with Crippen LogP contribution >= 0.6 is 11.8 Å². The number of rotatable bonds is 11. The number of aryl methyl sites for hydroxylation is 2. The first-order valence-corrected chi connectivity index (χ1v) is 13.6. The summed E-state index contributed by atoms with van der Waals surface area (Å²) in [6.45, 7) is 7.08. The molecule has 10 nitrogen and oxygen atoms in total. The van der Waals surface area contributed by atoms with Crippen molar-refractivity contribution >= 4 is 35.4 Å². The number of anilines is 2. The van der Waals surface area contributed by atoms with E-state index in [1.54, 1.807) is 31.1 Å². The van der Waals surface area contributed by atoms with Crippen LogP contribution in [0.15, 0.2) is 28.6 Å². The summed E-state index contributed by atoms with van der Waals surface area (Å²) in [7, 11) is 1.53. The highest BCUT2D eigenvalue weighted by Crippen LogP contribution is 2.44. The molecule has 3 heterocycles. The highest BCUT2D eigenvalue weighted by molar-refractivity contribution is 7.99. The predicted octanol–water partition coefficient (Wildman–Crippen LogP) is 4.63. The lowest BCUT2D eigenvalue weighted by atomic mass is 10.1. The molecule has 0 amide bonds. The number of alkyl halides is 2. The van der Waals surface area contributed by atoms with Crippen molar-refractivity contribution in [1.29, 1.82) is 0 Å². The van der Waals surface area contributed by atoms with Crippen LogP contribution in [0.4, 0.5) is 20.3 Å². The Morgan fingerprint density at radius 1 is 1.18 bits per heavy atom. The summed E-state index contributed by atoms with van der Waals surface area (Å²) in [5, 5.41) is 2.96. The van der Waals surface area contributed by atoms with E-state index in [0.717, 1.165) is 29.2 Å². The maximum atomic E-state index is 13.8. The zero-order chi connectivity index (χ0) is 28.1. The van der Waals surface area contributed by atoms with Crippen molar-refractivity contribution in [3.8, 4) is 11.4 Å². The Kier molecular flexibility index (Phi) is 9.10. The molecule has 3 aromatic rings. The molecule has 1 aliphatic rings. The van der Waals surface area contributed by atoms with Crippen LogP contribution in [0, 0.1) is 13.8 Å². The summed E-state index contributed by atoms with van der Waals surface area (Å²) in [6.07, 6.45) is 4.89. The molecule has 1 fully saturated rings. The Hall–Kier alpha value is -3.61. The topological polar surface area (TPSA) is 122 Å². The molecule has 1 saturated carbocycles. The quantitative estimate of drug-likeness (QED) is 0.155. The number of nitrogens with one attached hydrogen (secondary N) is 1. The number of hydrogen-bond donors (Lipinski definition) is 1. The highest BCUT2D eigenvalue weighted by Gasteiger charge is 2.31. The molecule has 0 spiro atoms. The monoisotopic (exact) mass is 555 g/mol. The maximum absolute atomic E-state index is 13.8. The Morgan fingerprint density at radius 2 is 1.90 bits per heavy atom. The summed E-state index contributed by atoms with van der Waals surface area (Å²) >= 11 is 1.62. The lowest BCUT2D eigenvalue weighted by Gasteiger charge is -2.28. The minimum absolute atomic E-state index is 0.0256. The largest absolute Gasteiger partial charge is 0.349 e. The van der Waals surface area contributed by atoms with Crippen molar-refractivity contribution in [2.24, 2.45) is 4.99 Å². The SMILES string of the molecule is CCSc1cnc(CN=C(C=O)Nc2c(C)nc(-c3c(C)ncnc3C3CC3)nc2N(C)[C@H](C)C(F)F)nc1. The third-order valence-corrected chi connectivity index (χ3v) is 7.22. The fourth-order valence-corrected chi connectivity index (χ4v) is 4.51. The van der Waals surface area contributed by atoms with Crippen molar-refractivity contribution in [1.82, 2.24) is 29.9 Å². The molecule has 4 rings (SSSR count). The second kappa shape index (κ2) is 12.5. The molecule has 3 aromatic heterocycles. The minimum Gasteiger partial charge on any atom is -0.349 e. The number of carbonyl (C=O) groups is 1. The van der Waals surface area contributed by atoms with E-state index in [4.69, 9.17) is 4.98 Å². The van der Waals surface area contributed by atoms with Crippen LogP contribution < -0.4 is 10.2 Å². The Bertz CT molecular complexity index is 1350. The van der Waals surface area contributed by atoms with E-state index in [1.807, 2.05) is 13.8 Å². The highest BCUT2D eigenvalue weighted by atomic mass is 32.2. The smallest absolute Gasteiger partial charge is 0.258 e. The van der Waals surface area contributed by atoms with E-state index in [2.05, 4.69) is 35.2 Å². The van der Waals surface area contributed by atoms with E-state index < -0.39 is 12.5 Å². The lowest BCUT2D eigenvalue weighted by Crippen LogP contribution is -2.36. The van der Waals surface area contributed by atoms with Crippen LogP contribution in [0.25, 0.3) is 11.4 Å². The van der Waals surface area contributed by atoms with Gasteiger partial charge in [0, 0.05) is 30.3 Å².